The molecule has 0 radical (unpaired) electrons. The molecule has 16 heavy (non-hydrogen) atoms. The molecule has 0 bridgehead atoms. The minimum absolute atomic E-state index is 0.00455. The molecule has 0 N–H and O–H groups in total. The first kappa shape index (κ1) is 11.0. The Kier molecular flexibility index (Phi) is 2.66. The molecule has 0 aromatic heterocycles. The van der Waals surface area contributed by atoms with E-state index in [9.17, 15) is 13.6 Å². The number of hydrogen-bond donors (Lipinski definition) is 0. The normalized spacial score (nSPS) is 23.0. The van der Waals surface area contributed by atoms with Crippen molar-refractivity contribution in [2.24, 2.45) is 0 Å². The Bertz CT molecular complexity index is 433. The highest BCUT2D eigenvalue weighted by Gasteiger charge is 2.42. The average molecular weight is 225 g/mol. The molecule has 1 aliphatic carbocycles. The molecule has 0 aliphatic heterocycles. The second kappa shape index (κ2) is 3.85. The minimum Gasteiger partial charge on any atom is -0.342 e. The van der Waals surface area contributed by atoms with Crippen molar-refractivity contribution in [3.63, 3.8) is 0 Å². The second-order valence-corrected chi connectivity index (χ2v) is 4.21. The molecule has 2 nitrogen and oxygen atoms in total. The number of halogens is 2. The Morgan fingerprint density at radius 1 is 1.38 bits per heavy atom. The van der Waals surface area contributed by atoms with E-state index < -0.39 is 11.6 Å². The van der Waals surface area contributed by atoms with Crippen LogP contribution >= 0.6 is 0 Å². The summed E-state index contributed by atoms with van der Waals surface area (Å²) < 4.78 is 25.7. The summed E-state index contributed by atoms with van der Waals surface area (Å²) in [4.78, 5) is 12.8. The lowest BCUT2D eigenvalue weighted by Crippen LogP contribution is -2.27. The summed E-state index contributed by atoms with van der Waals surface area (Å²) in [6.45, 7) is 1.50. The van der Waals surface area contributed by atoms with Gasteiger partial charge in [0.1, 0.15) is 0 Å². The van der Waals surface area contributed by atoms with Crippen molar-refractivity contribution >= 4 is 5.91 Å². The summed E-state index contributed by atoms with van der Waals surface area (Å²) in [5, 5.41) is 0. The number of hydrogen-bond acceptors (Lipinski definition) is 1. The summed E-state index contributed by atoms with van der Waals surface area (Å²) in [5.41, 5.74) is 0.761. The van der Waals surface area contributed by atoms with Gasteiger partial charge in [0.15, 0.2) is 11.6 Å². The maximum absolute atomic E-state index is 13.0. The Hall–Kier alpha value is -1.45. The molecule has 1 aromatic carbocycles. The molecule has 2 rings (SSSR count). The molecule has 1 saturated carbocycles. The van der Waals surface area contributed by atoms with E-state index in [0.717, 1.165) is 18.1 Å². The fourth-order valence-electron chi connectivity index (χ4n) is 1.94. The standard InChI is InChI=1S/C12H13F2NO/c1-7(16)15(2)12-6-9(12)8-3-4-10(13)11(14)5-8/h3-5,9,12H,6H2,1-2H3. The molecule has 1 amide bonds. The van der Waals surface area contributed by atoms with Crippen LogP contribution in [-0.2, 0) is 4.79 Å². The van der Waals surface area contributed by atoms with Crippen molar-refractivity contribution in [3.05, 3.63) is 35.4 Å². The predicted octanol–water partition coefficient (Wildman–Crippen LogP) is 2.30. The molecule has 0 heterocycles. The van der Waals surface area contributed by atoms with Crippen molar-refractivity contribution in [3.8, 4) is 0 Å². The molecule has 1 aromatic rings. The summed E-state index contributed by atoms with van der Waals surface area (Å²) in [7, 11) is 1.73. The largest absolute Gasteiger partial charge is 0.342 e. The number of rotatable bonds is 2. The molecule has 1 aliphatic rings. The average Bonchev–Trinajstić information content (AvgIpc) is 3.00. The molecule has 0 spiro atoms. The van der Waals surface area contributed by atoms with Gasteiger partial charge < -0.3 is 4.90 Å². The second-order valence-electron chi connectivity index (χ2n) is 4.21. The summed E-state index contributed by atoms with van der Waals surface area (Å²) in [6.07, 6.45) is 0.821. The van der Waals surface area contributed by atoms with Gasteiger partial charge in [-0.2, -0.15) is 0 Å². The lowest BCUT2D eigenvalue weighted by Gasteiger charge is -2.14. The van der Waals surface area contributed by atoms with Gasteiger partial charge in [-0.15, -0.1) is 0 Å². The van der Waals surface area contributed by atoms with Gasteiger partial charge in [0.2, 0.25) is 5.91 Å². The van der Waals surface area contributed by atoms with E-state index in [0.29, 0.717) is 0 Å². The third-order valence-corrected chi connectivity index (χ3v) is 3.12. The van der Waals surface area contributed by atoms with Gasteiger partial charge in [-0.05, 0) is 24.1 Å². The van der Waals surface area contributed by atoms with Gasteiger partial charge in [0.05, 0.1) is 0 Å². The van der Waals surface area contributed by atoms with Crippen LogP contribution in [0, 0.1) is 11.6 Å². The Labute approximate surface area is 92.9 Å². The fraction of sp³-hybridized carbons (Fsp3) is 0.417. The van der Waals surface area contributed by atoms with Crippen molar-refractivity contribution in [1.82, 2.24) is 4.90 Å². The third kappa shape index (κ3) is 1.92. The summed E-state index contributed by atoms with van der Waals surface area (Å²) >= 11 is 0. The lowest BCUT2D eigenvalue weighted by atomic mass is 10.1. The number of nitrogens with zero attached hydrogens (tertiary/aromatic N) is 1. The molecule has 86 valence electrons. The third-order valence-electron chi connectivity index (χ3n) is 3.12. The van der Waals surface area contributed by atoms with Crippen molar-refractivity contribution in [2.75, 3.05) is 7.05 Å². The van der Waals surface area contributed by atoms with Gasteiger partial charge >= 0.3 is 0 Å². The number of benzene rings is 1. The summed E-state index contributed by atoms with van der Waals surface area (Å²) in [5.74, 6) is -1.52. The van der Waals surface area contributed by atoms with Crippen LogP contribution < -0.4 is 0 Å². The Balaban J connectivity index is 2.11. The van der Waals surface area contributed by atoms with Crippen LogP contribution in [-0.4, -0.2) is 23.9 Å². The van der Waals surface area contributed by atoms with Crippen LogP contribution in [0.3, 0.4) is 0 Å². The van der Waals surface area contributed by atoms with Crippen LogP contribution in [0.15, 0.2) is 18.2 Å². The highest BCUT2D eigenvalue weighted by molar-refractivity contribution is 5.74. The van der Waals surface area contributed by atoms with E-state index in [1.165, 1.54) is 13.0 Å². The molecule has 2 atom stereocenters. The first-order valence-electron chi connectivity index (χ1n) is 5.19. The number of likely N-dealkylation sites (N-methyl/N-ethyl adjacent to an activating group) is 1. The molecular formula is C12H13F2NO. The first-order chi connectivity index (χ1) is 7.50. The smallest absolute Gasteiger partial charge is 0.219 e. The van der Waals surface area contributed by atoms with Crippen LogP contribution in [0.1, 0.15) is 24.8 Å². The van der Waals surface area contributed by atoms with Crippen molar-refractivity contribution in [2.45, 2.75) is 25.3 Å². The maximum atomic E-state index is 13.0. The van der Waals surface area contributed by atoms with E-state index in [1.807, 2.05) is 0 Å². The van der Waals surface area contributed by atoms with Gasteiger partial charge in [-0.3, -0.25) is 4.79 Å². The highest BCUT2D eigenvalue weighted by atomic mass is 19.2. The van der Waals surface area contributed by atoms with E-state index in [-0.39, 0.29) is 17.9 Å². The fourth-order valence-corrected chi connectivity index (χ4v) is 1.94. The SMILES string of the molecule is CC(=O)N(C)C1CC1c1ccc(F)c(F)c1. The van der Waals surface area contributed by atoms with E-state index in [4.69, 9.17) is 0 Å². The van der Waals surface area contributed by atoms with Crippen LogP contribution in [0.25, 0.3) is 0 Å². The van der Waals surface area contributed by atoms with Crippen LogP contribution in [0.4, 0.5) is 8.78 Å². The number of amides is 1. The Morgan fingerprint density at radius 3 is 2.62 bits per heavy atom. The molecule has 1 fully saturated rings. The van der Waals surface area contributed by atoms with E-state index >= 15 is 0 Å². The lowest BCUT2D eigenvalue weighted by molar-refractivity contribution is -0.128. The molecule has 0 saturated heterocycles. The van der Waals surface area contributed by atoms with Gasteiger partial charge in [-0.25, -0.2) is 8.78 Å². The zero-order valence-corrected chi connectivity index (χ0v) is 9.21. The summed E-state index contributed by atoms with van der Waals surface area (Å²) in [6, 6.07) is 4.06. The zero-order valence-electron chi connectivity index (χ0n) is 9.21. The minimum atomic E-state index is -0.833. The van der Waals surface area contributed by atoms with Gasteiger partial charge in [0.25, 0.3) is 0 Å². The topological polar surface area (TPSA) is 20.3 Å². The van der Waals surface area contributed by atoms with Gasteiger partial charge in [0, 0.05) is 25.9 Å². The van der Waals surface area contributed by atoms with Crippen molar-refractivity contribution in [1.29, 1.82) is 0 Å². The van der Waals surface area contributed by atoms with Crippen LogP contribution in [0.2, 0.25) is 0 Å². The quantitative estimate of drug-likeness (QED) is 0.756. The molecule has 2 unspecified atom stereocenters. The van der Waals surface area contributed by atoms with E-state index in [1.54, 1.807) is 18.0 Å². The zero-order chi connectivity index (χ0) is 11.9. The number of carbonyl (C=O) groups is 1. The highest BCUT2D eigenvalue weighted by Crippen LogP contribution is 2.44. The first-order valence-corrected chi connectivity index (χ1v) is 5.19. The number of carbonyl (C=O) groups excluding carboxylic acids is 1. The maximum Gasteiger partial charge on any atom is 0.219 e. The molecule has 4 heteroatoms. The monoisotopic (exact) mass is 225 g/mol. The van der Waals surface area contributed by atoms with E-state index in [2.05, 4.69) is 0 Å². The Morgan fingerprint density at radius 2 is 2.06 bits per heavy atom. The molecular weight excluding hydrogens is 212 g/mol. The van der Waals surface area contributed by atoms with Crippen LogP contribution in [0.5, 0.6) is 0 Å². The predicted molar refractivity (Wildman–Crippen MR) is 55.9 cm³/mol. The van der Waals surface area contributed by atoms with Gasteiger partial charge in [-0.1, -0.05) is 6.07 Å². The van der Waals surface area contributed by atoms with Crippen molar-refractivity contribution < 1.29 is 13.6 Å².